The minimum atomic E-state index is -3.82. The van der Waals surface area contributed by atoms with E-state index in [-0.39, 0.29) is 22.4 Å². The first-order valence-electron chi connectivity index (χ1n) is 10.9. The van der Waals surface area contributed by atoms with E-state index in [4.69, 9.17) is 11.6 Å². The second kappa shape index (κ2) is 9.79. The fourth-order valence-corrected chi connectivity index (χ4v) is 7.19. The lowest BCUT2D eigenvalue weighted by Crippen LogP contribution is -2.37. The van der Waals surface area contributed by atoms with Gasteiger partial charge in [0.25, 0.3) is 0 Å². The van der Waals surface area contributed by atoms with Gasteiger partial charge in [0, 0.05) is 30.7 Å². The third-order valence-electron chi connectivity index (χ3n) is 6.15. The highest BCUT2D eigenvalue weighted by Gasteiger charge is 2.29. The summed E-state index contributed by atoms with van der Waals surface area (Å²) in [5.74, 6) is 0. The van der Waals surface area contributed by atoms with Crippen LogP contribution in [0.25, 0.3) is 0 Å². The average molecular weight is 498 g/mol. The first kappa shape index (κ1) is 23.7. The Morgan fingerprint density at radius 2 is 1.38 bits per heavy atom. The molecule has 2 aromatic carbocycles. The molecule has 0 aromatic heterocycles. The van der Waals surface area contributed by atoms with Gasteiger partial charge in [-0.1, -0.05) is 29.8 Å². The van der Waals surface area contributed by atoms with E-state index in [1.165, 1.54) is 28.6 Å². The van der Waals surface area contributed by atoms with Crippen LogP contribution in [-0.4, -0.2) is 58.8 Å². The van der Waals surface area contributed by atoms with Crippen molar-refractivity contribution < 1.29 is 16.8 Å². The van der Waals surface area contributed by atoms with E-state index < -0.39 is 20.0 Å². The molecular weight excluding hydrogens is 470 g/mol. The van der Waals surface area contributed by atoms with Crippen molar-refractivity contribution in [2.24, 2.45) is 0 Å². The molecule has 0 spiro atoms. The molecule has 0 aliphatic carbocycles. The molecule has 0 radical (unpaired) electrons. The molecule has 2 aliphatic heterocycles. The van der Waals surface area contributed by atoms with E-state index in [1.54, 1.807) is 0 Å². The van der Waals surface area contributed by atoms with Crippen molar-refractivity contribution in [1.82, 2.24) is 13.9 Å². The highest BCUT2D eigenvalue weighted by atomic mass is 35.5. The molecule has 174 valence electrons. The van der Waals surface area contributed by atoms with E-state index in [2.05, 4.69) is 9.62 Å². The summed E-state index contributed by atoms with van der Waals surface area (Å²) in [4.78, 5) is 2.40. The minimum absolute atomic E-state index is 0.0391. The Morgan fingerprint density at radius 1 is 0.812 bits per heavy atom. The van der Waals surface area contributed by atoms with Crippen LogP contribution >= 0.6 is 11.6 Å². The maximum absolute atomic E-state index is 13.0. The van der Waals surface area contributed by atoms with Crippen molar-refractivity contribution >= 4 is 31.6 Å². The van der Waals surface area contributed by atoms with Crippen LogP contribution in [0.1, 0.15) is 37.3 Å². The van der Waals surface area contributed by atoms with Gasteiger partial charge in [-0.15, -0.1) is 0 Å². The molecule has 10 heteroatoms. The molecule has 2 aromatic rings. The Labute approximate surface area is 195 Å². The van der Waals surface area contributed by atoms with Crippen LogP contribution in [0, 0.1) is 0 Å². The summed E-state index contributed by atoms with van der Waals surface area (Å²) in [7, 11) is -7.40. The van der Waals surface area contributed by atoms with E-state index in [9.17, 15) is 16.8 Å². The molecule has 0 bridgehead atoms. The third-order valence-corrected chi connectivity index (χ3v) is 9.85. The van der Waals surface area contributed by atoms with E-state index in [0.717, 1.165) is 44.3 Å². The van der Waals surface area contributed by atoms with Crippen LogP contribution in [0.15, 0.2) is 58.3 Å². The number of hydrogen-bond donors (Lipinski definition) is 1. The molecule has 2 heterocycles. The zero-order valence-electron chi connectivity index (χ0n) is 17.8. The van der Waals surface area contributed by atoms with Gasteiger partial charge in [0.15, 0.2) is 0 Å². The molecule has 2 saturated heterocycles. The molecule has 1 N–H and O–H groups in total. The maximum atomic E-state index is 13.0. The van der Waals surface area contributed by atoms with Crippen molar-refractivity contribution in [3.63, 3.8) is 0 Å². The Morgan fingerprint density at radius 3 is 2.00 bits per heavy atom. The van der Waals surface area contributed by atoms with Crippen molar-refractivity contribution in [1.29, 1.82) is 0 Å². The molecule has 1 unspecified atom stereocenters. The van der Waals surface area contributed by atoms with Gasteiger partial charge >= 0.3 is 0 Å². The summed E-state index contributed by atoms with van der Waals surface area (Å²) in [5.41, 5.74) is 0.894. The van der Waals surface area contributed by atoms with Gasteiger partial charge in [-0.2, -0.15) is 4.31 Å². The summed E-state index contributed by atoms with van der Waals surface area (Å²) < 4.78 is 55.4. The molecule has 4 rings (SSSR count). The third kappa shape index (κ3) is 5.03. The average Bonchev–Trinajstić information content (AvgIpc) is 3.50. The maximum Gasteiger partial charge on any atom is 0.243 e. The normalized spacial score (nSPS) is 19.4. The Balaban J connectivity index is 1.51. The molecular formula is C22H28ClN3O4S2. The van der Waals surface area contributed by atoms with Crippen LogP contribution in [0.4, 0.5) is 0 Å². The standard InChI is InChI=1S/C22H28ClN3O4S2/c23-21-8-2-1-7-20(21)22(25-13-3-4-14-25)17-24-31(27,28)18-9-11-19(12-10-18)32(29,30)26-15-5-6-16-26/h1-2,7-12,22,24H,3-6,13-17H2. The predicted molar refractivity (Wildman–Crippen MR) is 125 cm³/mol. The fraction of sp³-hybridized carbons (Fsp3) is 0.455. The van der Waals surface area contributed by atoms with Crippen LogP contribution in [-0.2, 0) is 20.0 Å². The lowest BCUT2D eigenvalue weighted by Gasteiger charge is -2.29. The summed E-state index contributed by atoms with van der Waals surface area (Å²) in [6.07, 6.45) is 3.83. The highest BCUT2D eigenvalue weighted by molar-refractivity contribution is 7.89. The topological polar surface area (TPSA) is 86.8 Å². The summed E-state index contributed by atoms with van der Waals surface area (Å²) in [5, 5.41) is 0.611. The van der Waals surface area contributed by atoms with Crippen molar-refractivity contribution in [3.05, 3.63) is 59.1 Å². The number of nitrogens with zero attached hydrogens (tertiary/aromatic N) is 2. The van der Waals surface area contributed by atoms with Crippen LogP contribution in [0.2, 0.25) is 5.02 Å². The molecule has 0 saturated carbocycles. The quantitative estimate of drug-likeness (QED) is 0.605. The van der Waals surface area contributed by atoms with Crippen LogP contribution in [0.3, 0.4) is 0 Å². The van der Waals surface area contributed by atoms with E-state index >= 15 is 0 Å². The lowest BCUT2D eigenvalue weighted by atomic mass is 10.1. The number of rotatable bonds is 8. The highest BCUT2D eigenvalue weighted by Crippen LogP contribution is 2.30. The zero-order chi connectivity index (χ0) is 22.8. The molecule has 1 atom stereocenters. The molecule has 7 nitrogen and oxygen atoms in total. The van der Waals surface area contributed by atoms with Crippen molar-refractivity contribution in [2.75, 3.05) is 32.7 Å². The number of sulfonamides is 2. The Bertz CT molecular complexity index is 1140. The van der Waals surface area contributed by atoms with Crippen molar-refractivity contribution in [3.8, 4) is 0 Å². The zero-order valence-corrected chi connectivity index (χ0v) is 20.2. The van der Waals surface area contributed by atoms with Gasteiger partial charge in [0.05, 0.1) is 9.79 Å². The van der Waals surface area contributed by atoms with Gasteiger partial charge in [0.2, 0.25) is 20.0 Å². The van der Waals surface area contributed by atoms with Crippen LogP contribution < -0.4 is 4.72 Å². The summed E-state index contributed by atoms with van der Waals surface area (Å²) in [6, 6.07) is 12.8. The largest absolute Gasteiger partial charge is 0.295 e. The first-order valence-corrected chi connectivity index (χ1v) is 14.2. The second-order valence-electron chi connectivity index (χ2n) is 8.21. The van der Waals surface area contributed by atoms with E-state index in [1.807, 2.05) is 24.3 Å². The van der Waals surface area contributed by atoms with Gasteiger partial charge in [-0.05, 0) is 74.7 Å². The smallest absolute Gasteiger partial charge is 0.243 e. The van der Waals surface area contributed by atoms with E-state index in [0.29, 0.717) is 18.1 Å². The molecule has 2 fully saturated rings. The summed E-state index contributed by atoms with van der Waals surface area (Å²) >= 11 is 6.41. The molecule has 2 aliphatic rings. The summed E-state index contributed by atoms with van der Waals surface area (Å²) in [6.45, 7) is 2.97. The number of hydrogen-bond acceptors (Lipinski definition) is 5. The molecule has 0 amide bonds. The fourth-order valence-electron chi connectivity index (χ4n) is 4.37. The first-order chi connectivity index (χ1) is 15.3. The molecule has 32 heavy (non-hydrogen) atoms. The van der Waals surface area contributed by atoms with Gasteiger partial charge in [0.1, 0.15) is 0 Å². The minimum Gasteiger partial charge on any atom is -0.295 e. The SMILES string of the molecule is O=S(=O)(NCC(c1ccccc1Cl)N1CCCC1)c1ccc(S(=O)(=O)N2CCCC2)cc1. The monoisotopic (exact) mass is 497 g/mol. The number of halogens is 1. The van der Waals surface area contributed by atoms with Crippen LogP contribution in [0.5, 0.6) is 0 Å². The number of nitrogens with one attached hydrogen (secondary N) is 1. The van der Waals surface area contributed by atoms with Crippen molar-refractivity contribution in [2.45, 2.75) is 41.5 Å². The van der Waals surface area contributed by atoms with Gasteiger partial charge < -0.3 is 0 Å². The predicted octanol–water partition coefficient (Wildman–Crippen LogP) is 3.24. The number of benzene rings is 2. The number of likely N-dealkylation sites (tertiary alicyclic amines) is 1. The Hall–Kier alpha value is -1.49. The lowest BCUT2D eigenvalue weighted by molar-refractivity contribution is 0.246. The van der Waals surface area contributed by atoms with Gasteiger partial charge in [-0.25, -0.2) is 21.6 Å². The Kier molecular flexibility index (Phi) is 7.24. The van der Waals surface area contributed by atoms with Gasteiger partial charge in [-0.3, -0.25) is 4.90 Å². The second-order valence-corrected chi connectivity index (χ2v) is 12.3.